The summed E-state index contributed by atoms with van der Waals surface area (Å²) in [4.78, 5) is 22.0. The lowest BCUT2D eigenvalue weighted by molar-refractivity contribution is -0.212. The summed E-state index contributed by atoms with van der Waals surface area (Å²) >= 11 is 0. The highest BCUT2D eigenvalue weighted by Crippen LogP contribution is 2.10. The van der Waals surface area contributed by atoms with Crippen LogP contribution in [-0.4, -0.2) is 42.1 Å². The summed E-state index contributed by atoms with van der Waals surface area (Å²) in [6.07, 6.45) is 2.47. The van der Waals surface area contributed by atoms with Crippen molar-refractivity contribution < 1.29 is 28.9 Å². The van der Waals surface area contributed by atoms with Gasteiger partial charge in [-0.1, -0.05) is 13.8 Å². The van der Waals surface area contributed by atoms with Crippen LogP contribution in [0.1, 0.15) is 66.2 Å². The maximum atomic E-state index is 11.6. The van der Waals surface area contributed by atoms with Gasteiger partial charge in [0.1, 0.15) is 6.61 Å². The SMILES string of the molecule is CCC(C)OC(COC(=O)CCCCC(=O)O)OC(C)CC. The summed E-state index contributed by atoms with van der Waals surface area (Å²) in [5.74, 6) is -1.20. The highest BCUT2D eigenvalue weighted by atomic mass is 16.7. The van der Waals surface area contributed by atoms with Crippen molar-refractivity contribution in [1.29, 1.82) is 0 Å². The lowest BCUT2D eigenvalue weighted by atomic mass is 10.2. The molecule has 130 valence electrons. The zero-order valence-corrected chi connectivity index (χ0v) is 14.2. The summed E-state index contributed by atoms with van der Waals surface area (Å²) in [5, 5.41) is 8.52. The first-order chi connectivity index (χ1) is 10.4. The molecule has 2 unspecified atom stereocenters. The largest absolute Gasteiger partial charge is 0.481 e. The molecule has 0 aliphatic heterocycles. The van der Waals surface area contributed by atoms with Crippen molar-refractivity contribution in [2.75, 3.05) is 6.61 Å². The van der Waals surface area contributed by atoms with Crippen molar-refractivity contribution in [3.05, 3.63) is 0 Å². The molecule has 0 aromatic carbocycles. The zero-order valence-electron chi connectivity index (χ0n) is 14.2. The first-order valence-electron chi connectivity index (χ1n) is 8.07. The van der Waals surface area contributed by atoms with E-state index >= 15 is 0 Å². The number of carbonyl (C=O) groups is 2. The molecule has 0 aliphatic rings. The topological polar surface area (TPSA) is 82.1 Å². The molecule has 0 amide bonds. The molecule has 0 spiro atoms. The molecule has 22 heavy (non-hydrogen) atoms. The standard InChI is InChI=1S/C16H30O6/c1-5-12(3)21-16(22-13(4)6-2)11-20-15(19)10-8-7-9-14(17)18/h12-13,16H,5-11H2,1-4H3,(H,17,18). The summed E-state index contributed by atoms with van der Waals surface area (Å²) in [6, 6.07) is 0. The van der Waals surface area contributed by atoms with E-state index < -0.39 is 12.3 Å². The first-order valence-corrected chi connectivity index (χ1v) is 8.07. The fourth-order valence-electron chi connectivity index (χ4n) is 1.60. The van der Waals surface area contributed by atoms with Gasteiger partial charge in [0.25, 0.3) is 0 Å². The Balaban J connectivity index is 4.08. The fourth-order valence-corrected chi connectivity index (χ4v) is 1.60. The maximum Gasteiger partial charge on any atom is 0.305 e. The Morgan fingerprint density at radius 2 is 1.45 bits per heavy atom. The molecule has 0 aliphatic carbocycles. The van der Waals surface area contributed by atoms with Gasteiger partial charge < -0.3 is 19.3 Å². The van der Waals surface area contributed by atoms with Gasteiger partial charge in [-0.05, 0) is 39.5 Å². The van der Waals surface area contributed by atoms with Crippen molar-refractivity contribution in [2.24, 2.45) is 0 Å². The van der Waals surface area contributed by atoms with Gasteiger partial charge in [-0.3, -0.25) is 9.59 Å². The number of carboxylic acids is 1. The lowest BCUT2D eigenvalue weighted by Crippen LogP contribution is -2.31. The Labute approximate surface area is 133 Å². The van der Waals surface area contributed by atoms with E-state index in [-0.39, 0.29) is 37.6 Å². The second kappa shape index (κ2) is 12.4. The van der Waals surface area contributed by atoms with Gasteiger partial charge in [0, 0.05) is 12.8 Å². The lowest BCUT2D eigenvalue weighted by Gasteiger charge is -2.24. The maximum absolute atomic E-state index is 11.6. The van der Waals surface area contributed by atoms with Crippen LogP contribution in [0, 0.1) is 0 Å². The van der Waals surface area contributed by atoms with Gasteiger partial charge in [-0.15, -0.1) is 0 Å². The molecule has 2 atom stereocenters. The van der Waals surface area contributed by atoms with E-state index in [1.54, 1.807) is 0 Å². The van der Waals surface area contributed by atoms with Crippen molar-refractivity contribution in [3.8, 4) is 0 Å². The molecule has 0 aromatic heterocycles. The number of carbonyl (C=O) groups excluding carboxylic acids is 1. The molecule has 0 aromatic rings. The van der Waals surface area contributed by atoms with Crippen LogP contribution in [0.25, 0.3) is 0 Å². The highest BCUT2D eigenvalue weighted by Gasteiger charge is 2.18. The summed E-state index contributed by atoms with van der Waals surface area (Å²) < 4.78 is 16.6. The van der Waals surface area contributed by atoms with Gasteiger partial charge in [0.05, 0.1) is 12.2 Å². The molecule has 0 heterocycles. The van der Waals surface area contributed by atoms with Crippen LogP contribution in [0.2, 0.25) is 0 Å². The molecule has 0 fully saturated rings. The Kier molecular flexibility index (Phi) is 11.8. The third kappa shape index (κ3) is 11.5. The monoisotopic (exact) mass is 318 g/mol. The minimum absolute atomic E-state index is 0.0309. The van der Waals surface area contributed by atoms with Crippen molar-refractivity contribution >= 4 is 11.9 Å². The molecular formula is C16H30O6. The molecular weight excluding hydrogens is 288 g/mol. The molecule has 0 radical (unpaired) electrons. The molecule has 0 saturated heterocycles. The molecule has 6 nitrogen and oxygen atoms in total. The number of ether oxygens (including phenoxy) is 3. The zero-order chi connectivity index (χ0) is 17.0. The molecule has 0 bridgehead atoms. The van der Waals surface area contributed by atoms with Crippen LogP contribution in [-0.2, 0) is 23.8 Å². The predicted octanol–water partition coefficient (Wildman–Crippen LogP) is 3.13. The van der Waals surface area contributed by atoms with E-state index in [1.165, 1.54) is 0 Å². The van der Waals surface area contributed by atoms with Crippen molar-refractivity contribution in [2.45, 2.75) is 84.7 Å². The number of carboxylic acid groups (broad SMARTS) is 1. The molecule has 1 N–H and O–H groups in total. The van der Waals surface area contributed by atoms with Crippen LogP contribution < -0.4 is 0 Å². The van der Waals surface area contributed by atoms with Crippen LogP contribution in [0.15, 0.2) is 0 Å². The Morgan fingerprint density at radius 1 is 0.955 bits per heavy atom. The number of aliphatic carboxylic acids is 1. The Bertz CT molecular complexity index is 306. The van der Waals surface area contributed by atoms with Crippen LogP contribution in [0.3, 0.4) is 0 Å². The van der Waals surface area contributed by atoms with E-state index in [9.17, 15) is 9.59 Å². The van der Waals surface area contributed by atoms with Gasteiger partial charge >= 0.3 is 11.9 Å². The van der Waals surface area contributed by atoms with E-state index in [4.69, 9.17) is 19.3 Å². The van der Waals surface area contributed by atoms with Crippen molar-refractivity contribution in [3.63, 3.8) is 0 Å². The normalized spacial score (nSPS) is 15.1. The van der Waals surface area contributed by atoms with Crippen LogP contribution in [0.5, 0.6) is 0 Å². The average Bonchev–Trinajstić information content (AvgIpc) is 2.48. The van der Waals surface area contributed by atoms with E-state index in [0.29, 0.717) is 12.8 Å². The third-order valence-electron chi connectivity index (χ3n) is 3.32. The number of hydrogen-bond donors (Lipinski definition) is 1. The second-order valence-corrected chi connectivity index (χ2v) is 5.42. The number of esters is 1. The van der Waals surface area contributed by atoms with E-state index in [0.717, 1.165) is 12.8 Å². The first kappa shape index (κ1) is 20.9. The number of hydrogen-bond acceptors (Lipinski definition) is 5. The Hall–Kier alpha value is -1.14. The van der Waals surface area contributed by atoms with Crippen molar-refractivity contribution in [1.82, 2.24) is 0 Å². The minimum atomic E-state index is -0.850. The van der Waals surface area contributed by atoms with Crippen LogP contribution in [0.4, 0.5) is 0 Å². The van der Waals surface area contributed by atoms with Gasteiger partial charge in [-0.25, -0.2) is 0 Å². The minimum Gasteiger partial charge on any atom is -0.481 e. The predicted molar refractivity (Wildman–Crippen MR) is 82.5 cm³/mol. The smallest absolute Gasteiger partial charge is 0.305 e. The number of unbranched alkanes of at least 4 members (excludes halogenated alkanes) is 1. The molecule has 6 heteroatoms. The third-order valence-corrected chi connectivity index (χ3v) is 3.32. The van der Waals surface area contributed by atoms with Crippen LogP contribution >= 0.6 is 0 Å². The van der Waals surface area contributed by atoms with Gasteiger partial charge in [0.15, 0.2) is 6.29 Å². The number of rotatable bonds is 13. The quantitative estimate of drug-likeness (QED) is 0.319. The summed E-state index contributed by atoms with van der Waals surface area (Å²) in [5.41, 5.74) is 0. The molecule has 0 rings (SSSR count). The van der Waals surface area contributed by atoms with Gasteiger partial charge in [0.2, 0.25) is 0 Å². The van der Waals surface area contributed by atoms with E-state index in [2.05, 4.69) is 0 Å². The van der Waals surface area contributed by atoms with Gasteiger partial charge in [-0.2, -0.15) is 0 Å². The average molecular weight is 318 g/mol. The molecule has 0 saturated carbocycles. The Morgan fingerprint density at radius 3 is 1.91 bits per heavy atom. The fraction of sp³-hybridized carbons (Fsp3) is 0.875. The highest BCUT2D eigenvalue weighted by molar-refractivity contribution is 5.69. The summed E-state index contributed by atoms with van der Waals surface area (Å²) in [7, 11) is 0. The second-order valence-electron chi connectivity index (χ2n) is 5.42. The van der Waals surface area contributed by atoms with E-state index in [1.807, 2.05) is 27.7 Å². The summed E-state index contributed by atoms with van der Waals surface area (Å²) in [6.45, 7) is 7.98.